The average Bonchev–Trinajstić information content (AvgIpc) is 1.11. The number of halogens is 13. The van der Waals surface area contributed by atoms with Crippen molar-refractivity contribution in [3.8, 4) is 28.7 Å². The Hall–Kier alpha value is -14.9. The molecule has 0 saturated heterocycles. The molecule has 0 aliphatic heterocycles. The predicted molar refractivity (Wildman–Crippen MR) is 500 cm³/mol. The maximum Gasteiger partial charge on any atom is 0.416 e. The topological polar surface area (TPSA) is 212 Å². The van der Waals surface area contributed by atoms with Crippen molar-refractivity contribution in [1.82, 2.24) is 23.3 Å². The summed E-state index contributed by atoms with van der Waals surface area (Å²) in [5.41, 5.74) is 13.0. The monoisotopic (exact) mass is 1940 g/mol. The first-order valence-corrected chi connectivity index (χ1v) is 43.1. The lowest BCUT2D eigenvalue weighted by atomic mass is 9.96. The standard InChI is InChI=1S/C27H24F3NO3.C27H22F3NO3.C26H21F3N2O3.C19H17NO2.C8H6BrF3O/c2*1-16-9-11-19(17(2)14-16)25(32)20-6-4-7-22(20)31-13-5-8-23(31)26(33)21-12-10-18(27(28,29)30)15-24(21)34-3;1-15-6-8-18(16(2)13-15)25(33)23-20(10-11-30-23)31-12-4-5-21(31)24(32)19-9-7-17(26(27,28)29)14-22(19)34-3;1-13-8-9-16(14(2)11-13)19(22)17-6-3-7-18(17)20-10-4-5-15(20)12-21;1-13-7-4-5(8(10,11)12)2-3-6(7)9/h4-5,7-15,26,33H,6H2,1-3H3;4-5,7-15H,6H2,1-3H3;4-14,30H,1-3H3;3-5,7-12H,6H2,1-2H3;2-4H,1H3. The molecule has 1 unspecified atom stereocenters. The van der Waals surface area contributed by atoms with Crippen LogP contribution in [0.5, 0.6) is 23.0 Å². The van der Waals surface area contributed by atoms with Crippen molar-refractivity contribution in [3.63, 3.8) is 0 Å². The van der Waals surface area contributed by atoms with Gasteiger partial charge in [-0.25, -0.2) is 0 Å². The Labute approximate surface area is 788 Å². The summed E-state index contributed by atoms with van der Waals surface area (Å²) >= 11 is 3.06. The molecule has 2 N–H and O–H groups in total. The number of aliphatic hydroxyl groups excluding tert-OH is 1. The van der Waals surface area contributed by atoms with Crippen LogP contribution in [0.3, 0.4) is 0 Å². The number of hydrogen-bond donors (Lipinski definition) is 2. The van der Waals surface area contributed by atoms with E-state index in [0.717, 1.165) is 128 Å². The van der Waals surface area contributed by atoms with Crippen LogP contribution in [0.15, 0.2) is 289 Å². The van der Waals surface area contributed by atoms with Crippen molar-refractivity contribution >= 4 is 74.0 Å². The SMILES string of the molecule is COc1cc(C(F)(F)F)ccc1Br.COc1cc(C(F)(F)F)ccc1C(=O)c1cccn1-c1cc[nH]c1C(=O)c1ccc(C)cc1C.COc1cc(C(F)(F)F)ccc1C(=O)c1cccn1C1=C(C(=O)c2ccc(C)cc2C)CC=C1.COc1cc(C(F)(F)F)ccc1C(O)c1cccn1C1=C(C(=O)c2ccc(C)cc2C)CC=C1.Cc1ccc(C(=O)C2=C(n3cccc3C=O)C=CC2)c(C)c1. The molecule has 8 aromatic carbocycles. The van der Waals surface area contributed by atoms with Crippen LogP contribution in [0.1, 0.15) is 193 Å². The van der Waals surface area contributed by atoms with Crippen LogP contribution in [0.4, 0.5) is 52.7 Å². The smallest absolute Gasteiger partial charge is 0.416 e. The van der Waals surface area contributed by atoms with Crippen LogP contribution in [0.2, 0.25) is 0 Å². The number of aromatic amines is 1. The number of hydrogen-bond acceptors (Lipinski definition) is 12. The Morgan fingerprint density at radius 2 is 0.708 bits per heavy atom. The molecule has 0 bridgehead atoms. The molecule has 0 radical (unpaired) electrons. The molecule has 5 heterocycles. The molecule has 3 aliphatic carbocycles. The van der Waals surface area contributed by atoms with Gasteiger partial charge in [0.25, 0.3) is 0 Å². The minimum absolute atomic E-state index is 0.000261. The number of carbonyl (C=O) groups is 7. The first kappa shape index (κ1) is 101. The lowest BCUT2D eigenvalue weighted by Crippen LogP contribution is -2.14. The number of alkyl halides is 12. The van der Waals surface area contributed by atoms with Crippen LogP contribution in [0, 0.1) is 55.4 Å². The van der Waals surface area contributed by atoms with Gasteiger partial charge in [0.2, 0.25) is 17.3 Å². The van der Waals surface area contributed by atoms with Gasteiger partial charge in [-0.2, -0.15) is 52.7 Å². The lowest BCUT2D eigenvalue weighted by molar-refractivity contribution is -0.138. The van der Waals surface area contributed by atoms with Crippen molar-refractivity contribution < 1.29 is 110 Å². The number of nitrogens with zero attached hydrogens (tertiary/aromatic N) is 4. The second-order valence-corrected chi connectivity index (χ2v) is 33.0. The maximum atomic E-state index is 13.4. The van der Waals surface area contributed by atoms with Gasteiger partial charge in [-0.05, 0) is 252 Å². The van der Waals surface area contributed by atoms with Crippen molar-refractivity contribution in [2.75, 3.05) is 28.4 Å². The number of rotatable bonds is 23. The second-order valence-electron chi connectivity index (χ2n) is 32.2. The third-order valence-electron chi connectivity index (χ3n) is 22.8. The molecule has 3 aliphatic rings. The summed E-state index contributed by atoms with van der Waals surface area (Å²) in [5.74, 6) is -1.74. The van der Waals surface area contributed by atoms with E-state index in [1.54, 1.807) is 99.2 Å². The zero-order valence-electron chi connectivity index (χ0n) is 75.8. The minimum atomic E-state index is -4.57. The highest BCUT2D eigenvalue weighted by Gasteiger charge is 2.38. The molecular formula is C107H90BrF12N5O12. The third-order valence-corrected chi connectivity index (χ3v) is 23.5. The third kappa shape index (κ3) is 22.7. The normalized spacial score (nSPS) is 13.1. The summed E-state index contributed by atoms with van der Waals surface area (Å²) < 4.78 is 182. The van der Waals surface area contributed by atoms with Crippen molar-refractivity contribution in [2.45, 2.75) is 105 Å². The van der Waals surface area contributed by atoms with Gasteiger partial charge >= 0.3 is 24.7 Å². The van der Waals surface area contributed by atoms with Crippen molar-refractivity contribution in [3.05, 3.63) is 423 Å². The number of aldehydes is 1. The molecule has 706 valence electrons. The number of aromatic nitrogens is 5. The van der Waals surface area contributed by atoms with Crippen LogP contribution < -0.4 is 18.9 Å². The molecule has 1 atom stereocenters. The molecule has 0 spiro atoms. The number of benzene rings is 8. The van der Waals surface area contributed by atoms with Crippen molar-refractivity contribution in [2.24, 2.45) is 0 Å². The maximum absolute atomic E-state index is 13.4. The van der Waals surface area contributed by atoms with Crippen LogP contribution in [-0.4, -0.2) is 97.8 Å². The molecule has 137 heavy (non-hydrogen) atoms. The molecule has 5 aromatic heterocycles. The van der Waals surface area contributed by atoms with Gasteiger partial charge in [-0.1, -0.05) is 119 Å². The number of carbonyl (C=O) groups excluding carboxylic acids is 7. The van der Waals surface area contributed by atoms with Crippen molar-refractivity contribution in [1.29, 1.82) is 0 Å². The first-order valence-electron chi connectivity index (χ1n) is 42.4. The van der Waals surface area contributed by atoms with Crippen LogP contribution in [-0.2, 0) is 24.7 Å². The van der Waals surface area contributed by atoms with E-state index in [1.165, 1.54) is 51.2 Å². The average molecular weight is 1950 g/mol. The van der Waals surface area contributed by atoms with E-state index in [0.29, 0.717) is 80.0 Å². The molecule has 17 nitrogen and oxygen atoms in total. The van der Waals surface area contributed by atoms with E-state index >= 15 is 0 Å². The first-order chi connectivity index (χ1) is 64.9. The Balaban J connectivity index is 0.000000158. The van der Waals surface area contributed by atoms with E-state index in [2.05, 4.69) is 20.9 Å². The molecule has 13 aromatic rings. The highest BCUT2D eigenvalue weighted by atomic mass is 79.9. The zero-order chi connectivity index (χ0) is 99.6. The molecule has 0 saturated carbocycles. The number of allylic oxidation sites excluding steroid dienone is 12. The fraction of sp³-hybridized carbons (Fsp3) is 0.187. The largest absolute Gasteiger partial charge is 0.496 e. The molecule has 16 rings (SSSR count). The van der Waals surface area contributed by atoms with Gasteiger partial charge in [0.05, 0.1) is 112 Å². The lowest BCUT2D eigenvalue weighted by Gasteiger charge is -2.20. The second kappa shape index (κ2) is 42.3. The quantitative estimate of drug-likeness (QED) is 0.0348. The van der Waals surface area contributed by atoms with Crippen LogP contribution in [0.25, 0.3) is 22.8 Å². The number of Topliss-reactive ketones (excluding diaryl/α,β-unsaturated/α-hetero) is 3. The number of ether oxygens (including phenoxy) is 4. The highest BCUT2D eigenvalue weighted by molar-refractivity contribution is 9.10. The predicted octanol–water partition coefficient (Wildman–Crippen LogP) is 26.0. The number of H-pyrrole nitrogens is 1. The molecule has 0 fully saturated rings. The van der Waals surface area contributed by atoms with Gasteiger partial charge in [0, 0.05) is 75.5 Å². The van der Waals surface area contributed by atoms with E-state index in [4.69, 9.17) is 18.9 Å². The fourth-order valence-electron chi connectivity index (χ4n) is 16.0. The summed E-state index contributed by atoms with van der Waals surface area (Å²) in [7, 11) is 5.00. The summed E-state index contributed by atoms with van der Waals surface area (Å²) in [6, 6.07) is 49.4. The summed E-state index contributed by atoms with van der Waals surface area (Å²) in [6.07, 6.45) is 2.58. The minimum Gasteiger partial charge on any atom is -0.496 e. The summed E-state index contributed by atoms with van der Waals surface area (Å²) in [6.45, 7) is 15.4. The Bertz CT molecular complexity index is 7050. The number of ketones is 6. The zero-order valence-corrected chi connectivity index (χ0v) is 77.4. The number of nitrogens with one attached hydrogen (secondary N) is 1. The molecule has 30 heteroatoms. The number of aryl methyl sites for hydroxylation is 8. The van der Waals surface area contributed by atoms with E-state index in [1.807, 2.05) is 159 Å². The Morgan fingerprint density at radius 1 is 0.372 bits per heavy atom. The van der Waals surface area contributed by atoms with Gasteiger partial charge in [-0.3, -0.25) is 33.6 Å². The molecular weight excluding hydrogens is 1860 g/mol. The Morgan fingerprint density at radius 3 is 1.12 bits per heavy atom. The Kier molecular flexibility index (Phi) is 31.2. The van der Waals surface area contributed by atoms with Gasteiger partial charge in [-0.15, -0.1) is 0 Å². The number of aliphatic hydroxyl groups is 1. The van der Waals surface area contributed by atoms with Gasteiger partial charge in [0.1, 0.15) is 34.8 Å². The van der Waals surface area contributed by atoms with E-state index < -0.39 is 64.6 Å². The molecule has 0 amide bonds. The fourth-order valence-corrected chi connectivity index (χ4v) is 16.4. The van der Waals surface area contributed by atoms with E-state index in [9.17, 15) is 91.4 Å². The van der Waals surface area contributed by atoms with E-state index in [-0.39, 0.29) is 79.9 Å². The highest BCUT2D eigenvalue weighted by Crippen LogP contribution is 2.43. The number of methoxy groups -OCH3 is 4. The van der Waals surface area contributed by atoms with Gasteiger partial charge in [0.15, 0.2) is 23.6 Å². The summed E-state index contributed by atoms with van der Waals surface area (Å²) in [5, 5.41) is 11.1. The summed E-state index contributed by atoms with van der Waals surface area (Å²) in [4.78, 5) is 93.6. The van der Waals surface area contributed by atoms with Crippen LogP contribution >= 0.6 is 15.9 Å². The van der Waals surface area contributed by atoms with Gasteiger partial charge < -0.3 is 47.3 Å².